The monoisotopic (exact) mass is 739 g/mol. The molecule has 4 aromatic rings. The van der Waals surface area contributed by atoms with Crippen molar-refractivity contribution in [3.05, 3.63) is 102 Å². The number of H-pyrrole nitrogens is 1. The van der Waals surface area contributed by atoms with Crippen molar-refractivity contribution in [2.24, 2.45) is 11.8 Å². The summed E-state index contributed by atoms with van der Waals surface area (Å²) >= 11 is 0. The average molecular weight is 740 g/mol. The van der Waals surface area contributed by atoms with E-state index in [4.69, 9.17) is 14.7 Å². The van der Waals surface area contributed by atoms with Crippen LogP contribution in [0.15, 0.2) is 85.1 Å². The van der Waals surface area contributed by atoms with Gasteiger partial charge in [0, 0.05) is 42.2 Å². The van der Waals surface area contributed by atoms with Crippen molar-refractivity contribution in [2.45, 2.75) is 113 Å². The summed E-state index contributed by atoms with van der Waals surface area (Å²) in [5, 5.41) is 9.81. The summed E-state index contributed by atoms with van der Waals surface area (Å²) in [6, 6.07) is 26.7. The number of fused-ring (bicyclic) bond motifs is 1. The number of aromatic nitrogens is 1. The maximum absolute atomic E-state index is 11.8. The molecule has 8 nitrogen and oxygen atoms in total. The quantitative estimate of drug-likeness (QED) is 0.0904. The van der Waals surface area contributed by atoms with E-state index in [-0.39, 0.29) is 36.2 Å². The van der Waals surface area contributed by atoms with Gasteiger partial charge in [-0.3, -0.25) is 4.79 Å². The molecule has 2 atom stereocenters. The molecule has 1 amide bonds. The van der Waals surface area contributed by atoms with Gasteiger partial charge in [0.2, 0.25) is 5.91 Å². The number of carbonyl (C=O) groups excluding carboxylic acids is 3. The summed E-state index contributed by atoms with van der Waals surface area (Å²) < 4.78 is 9.70. The van der Waals surface area contributed by atoms with Crippen LogP contribution in [0.3, 0.4) is 0 Å². The van der Waals surface area contributed by atoms with E-state index in [0.29, 0.717) is 5.92 Å². The number of nitriles is 1. The van der Waals surface area contributed by atoms with Crippen LogP contribution in [0.5, 0.6) is 0 Å². The van der Waals surface area contributed by atoms with Gasteiger partial charge < -0.3 is 19.4 Å². The van der Waals surface area contributed by atoms with Crippen LogP contribution in [-0.2, 0) is 14.3 Å². The van der Waals surface area contributed by atoms with Gasteiger partial charge in [-0.15, -0.1) is 0 Å². The molecule has 0 fully saturated rings. The molecule has 0 bridgehead atoms. The lowest BCUT2D eigenvalue weighted by atomic mass is 9.99. The Morgan fingerprint density at radius 3 is 1.78 bits per heavy atom. The van der Waals surface area contributed by atoms with Crippen molar-refractivity contribution in [1.82, 2.24) is 4.98 Å². The molecule has 0 aliphatic rings. The Balaban J connectivity index is 0.000000363. The van der Waals surface area contributed by atoms with E-state index >= 15 is 0 Å². The number of amides is 1. The van der Waals surface area contributed by atoms with E-state index in [0.717, 1.165) is 18.5 Å². The molecule has 2 unspecified atom stereocenters. The topological polar surface area (TPSA) is 112 Å². The van der Waals surface area contributed by atoms with E-state index < -0.39 is 11.9 Å². The van der Waals surface area contributed by atoms with Crippen molar-refractivity contribution < 1.29 is 23.9 Å². The number of nitrogens with zero attached hydrogens (tertiary/aromatic N) is 2. The largest absolute Gasteiger partial charge is 0.462 e. The molecule has 3 aromatic carbocycles. The van der Waals surface area contributed by atoms with Crippen LogP contribution >= 0.6 is 0 Å². The van der Waals surface area contributed by atoms with E-state index in [2.05, 4.69) is 50.0 Å². The Hall–Kier alpha value is -4.90. The summed E-state index contributed by atoms with van der Waals surface area (Å²) in [7, 11) is 1.82. The lowest BCUT2D eigenvalue weighted by Crippen LogP contribution is -2.31. The van der Waals surface area contributed by atoms with Crippen LogP contribution in [-0.4, -0.2) is 43.1 Å². The highest BCUT2D eigenvalue weighted by molar-refractivity contribution is 6.03. The number of nitrogens with one attached hydrogen (secondary N) is 1. The van der Waals surface area contributed by atoms with Crippen molar-refractivity contribution >= 4 is 34.4 Å². The van der Waals surface area contributed by atoms with E-state index in [1.807, 2.05) is 63.5 Å². The zero-order valence-corrected chi connectivity index (χ0v) is 34.2. The number of para-hydroxylation sites is 2. The van der Waals surface area contributed by atoms with Gasteiger partial charge in [-0.1, -0.05) is 121 Å². The summed E-state index contributed by atoms with van der Waals surface area (Å²) in [5.74, 6) is -0.133. The molecule has 4 rings (SSSR count). The maximum atomic E-state index is 11.8. The lowest BCUT2D eigenvalue weighted by molar-refractivity contribution is -0.121. The van der Waals surface area contributed by atoms with Crippen LogP contribution in [0.1, 0.15) is 132 Å². The first-order valence-corrected chi connectivity index (χ1v) is 19.7. The minimum Gasteiger partial charge on any atom is -0.462 e. The molecule has 0 radical (unpaired) electrons. The second kappa shape index (κ2) is 28.6. The smallest absolute Gasteiger partial charge is 0.338 e. The molecule has 0 aliphatic carbocycles. The SMILES string of the molecule is CCC(C)C(=O)N(C)c1ccccc1.CCCCCCCCCC(C)CC#N.CCOC(=O)c1ccccc1C(=O)OCC.Cc1c[nH]c2ccccc12. The molecular weight excluding hydrogens is 675 g/mol. The van der Waals surface area contributed by atoms with Crippen LogP contribution < -0.4 is 4.90 Å². The molecule has 294 valence electrons. The predicted molar refractivity (Wildman–Crippen MR) is 223 cm³/mol. The first-order chi connectivity index (χ1) is 26.1. The number of unbranched alkanes of at least 4 members (excludes halogenated alkanes) is 6. The highest BCUT2D eigenvalue weighted by Crippen LogP contribution is 2.17. The summed E-state index contributed by atoms with van der Waals surface area (Å²) in [5.41, 5.74) is 3.97. The fourth-order valence-corrected chi connectivity index (χ4v) is 5.47. The predicted octanol–water partition coefficient (Wildman–Crippen LogP) is 11.9. The molecule has 0 aliphatic heterocycles. The Bertz CT molecular complexity index is 1620. The van der Waals surface area contributed by atoms with Gasteiger partial charge in [0.15, 0.2) is 0 Å². The number of hydrogen-bond acceptors (Lipinski definition) is 6. The zero-order chi connectivity index (χ0) is 40.1. The van der Waals surface area contributed by atoms with Crippen LogP contribution in [0.25, 0.3) is 10.9 Å². The van der Waals surface area contributed by atoms with Crippen LogP contribution in [0.2, 0.25) is 0 Å². The number of aryl methyl sites for hydroxylation is 1. The Morgan fingerprint density at radius 1 is 0.741 bits per heavy atom. The van der Waals surface area contributed by atoms with Gasteiger partial charge in [-0.25, -0.2) is 9.59 Å². The van der Waals surface area contributed by atoms with E-state index in [1.165, 1.54) is 67.8 Å². The van der Waals surface area contributed by atoms with E-state index in [1.54, 1.807) is 43.0 Å². The van der Waals surface area contributed by atoms with E-state index in [9.17, 15) is 14.4 Å². The number of aromatic amines is 1. The molecule has 0 saturated heterocycles. The zero-order valence-electron chi connectivity index (χ0n) is 34.2. The average Bonchev–Trinajstić information content (AvgIpc) is 3.58. The van der Waals surface area contributed by atoms with Gasteiger partial charge >= 0.3 is 11.9 Å². The van der Waals surface area contributed by atoms with Crippen molar-refractivity contribution in [1.29, 1.82) is 5.26 Å². The third-order valence-electron chi connectivity index (χ3n) is 8.96. The normalized spacial score (nSPS) is 11.2. The highest BCUT2D eigenvalue weighted by atomic mass is 16.5. The minimum atomic E-state index is -0.508. The Labute approximate surface area is 325 Å². The second-order valence-electron chi connectivity index (χ2n) is 13.4. The fraction of sp³-hybridized carbons (Fsp3) is 0.478. The van der Waals surface area contributed by atoms with Gasteiger partial charge in [0.1, 0.15) is 0 Å². The highest BCUT2D eigenvalue weighted by Gasteiger charge is 2.18. The van der Waals surface area contributed by atoms with Gasteiger partial charge in [-0.05, 0) is 75.4 Å². The number of ether oxygens (including phenoxy) is 2. The molecule has 1 heterocycles. The molecular formula is C46H65N3O5. The minimum absolute atomic E-state index is 0.0974. The number of anilines is 1. The number of hydrogen-bond donors (Lipinski definition) is 1. The fourth-order valence-electron chi connectivity index (χ4n) is 5.47. The van der Waals surface area contributed by atoms with Gasteiger partial charge in [0.05, 0.1) is 30.4 Å². The molecule has 1 aromatic heterocycles. The first kappa shape index (κ1) is 47.1. The molecule has 0 saturated carbocycles. The Morgan fingerprint density at radius 2 is 1.26 bits per heavy atom. The number of benzene rings is 3. The van der Waals surface area contributed by atoms with Crippen LogP contribution in [0, 0.1) is 30.1 Å². The number of carbonyl (C=O) groups is 3. The van der Waals surface area contributed by atoms with Gasteiger partial charge in [0.25, 0.3) is 0 Å². The van der Waals surface area contributed by atoms with Crippen molar-refractivity contribution in [3.8, 4) is 6.07 Å². The first-order valence-electron chi connectivity index (χ1n) is 19.7. The van der Waals surface area contributed by atoms with Crippen molar-refractivity contribution in [2.75, 3.05) is 25.2 Å². The standard InChI is InChI=1S/C13H25N.C12H17NO.C12H14O4.C9H9N/c1-3-4-5-6-7-8-9-10-13(2)11-12-14;1-4-10(2)12(14)13(3)11-8-6-5-7-9-11;1-3-15-11(13)9-7-5-6-8-10(9)12(14)16-4-2;1-7-6-10-9-5-3-2-4-8(7)9/h13H,3-11H2,1-2H3;5-10H,4H2,1-3H3;5-8H,3-4H2,1-2H3;2-6,10H,1H3. The van der Waals surface area contributed by atoms with Crippen LogP contribution in [0.4, 0.5) is 5.69 Å². The van der Waals surface area contributed by atoms with Crippen molar-refractivity contribution in [3.63, 3.8) is 0 Å². The second-order valence-corrected chi connectivity index (χ2v) is 13.4. The third-order valence-corrected chi connectivity index (χ3v) is 8.96. The van der Waals surface area contributed by atoms with Gasteiger partial charge in [-0.2, -0.15) is 5.26 Å². The molecule has 8 heteroatoms. The third kappa shape index (κ3) is 18.2. The lowest BCUT2D eigenvalue weighted by Gasteiger charge is -2.20. The number of rotatable bonds is 16. The Kier molecular flexibility index (Phi) is 24.9. The molecule has 1 N–H and O–H groups in total. The molecule has 0 spiro atoms. The summed E-state index contributed by atoms with van der Waals surface area (Å²) in [6.45, 7) is 14.5. The summed E-state index contributed by atoms with van der Waals surface area (Å²) in [6.07, 6.45) is 14.5. The maximum Gasteiger partial charge on any atom is 0.338 e. The molecule has 54 heavy (non-hydrogen) atoms. The number of esters is 2. The summed E-state index contributed by atoms with van der Waals surface area (Å²) in [4.78, 5) is 39.8.